The van der Waals surface area contributed by atoms with E-state index in [1.807, 2.05) is 12.1 Å². The Kier molecular flexibility index (Phi) is 2.85. The third-order valence-electron chi connectivity index (χ3n) is 3.34. The number of benzene rings is 2. The zero-order chi connectivity index (χ0) is 12.4. The summed E-state index contributed by atoms with van der Waals surface area (Å²) in [4.78, 5) is 7.03. The van der Waals surface area contributed by atoms with Crippen molar-refractivity contribution >= 4 is 11.5 Å². The fourth-order valence-corrected chi connectivity index (χ4v) is 2.40. The lowest BCUT2D eigenvalue weighted by molar-refractivity contribution is 0.780. The molecule has 0 spiro atoms. The summed E-state index contributed by atoms with van der Waals surface area (Å²) in [5, 5.41) is 0. The van der Waals surface area contributed by atoms with E-state index < -0.39 is 0 Å². The van der Waals surface area contributed by atoms with Crippen molar-refractivity contribution in [3.63, 3.8) is 0 Å². The lowest BCUT2D eigenvalue weighted by atomic mass is 10.1. The van der Waals surface area contributed by atoms with Gasteiger partial charge in [0.1, 0.15) is 5.84 Å². The molecule has 0 amide bonds. The first kappa shape index (κ1) is 11.0. The summed E-state index contributed by atoms with van der Waals surface area (Å²) >= 11 is 0. The fourth-order valence-electron chi connectivity index (χ4n) is 2.40. The molecule has 18 heavy (non-hydrogen) atoms. The number of anilines is 1. The molecular weight excluding hydrogens is 220 g/mol. The first-order chi connectivity index (χ1) is 8.84. The van der Waals surface area contributed by atoms with E-state index in [0.717, 1.165) is 12.4 Å². The summed E-state index contributed by atoms with van der Waals surface area (Å²) in [5.74, 6) is 1.09. The van der Waals surface area contributed by atoms with Crippen LogP contribution in [0.1, 0.15) is 18.5 Å². The Bertz CT molecular complexity index is 546. The Morgan fingerprint density at radius 3 is 2.22 bits per heavy atom. The molecule has 1 unspecified atom stereocenters. The van der Waals surface area contributed by atoms with Crippen LogP contribution in [0.2, 0.25) is 0 Å². The molecule has 3 rings (SSSR count). The summed E-state index contributed by atoms with van der Waals surface area (Å²) in [7, 11) is 0. The summed E-state index contributed by atoms with van der Waals surface area (Å²) in [6, 6.07) is 21.2. The molecule has 1 heterocycles. The molecule has 90 valence electrons. The molecule has 0 radical (unpaired) electrons. The van der Waals surface area contributed by atoms with Crippen LogP contribution in [-0.2, 0) is 0 Å². The lowest BCUT2D eigenvalue weighted by Crippen LogP contribution is -2.25. The van der Waals surface area contributed by atoms with Gasteiger partial charge in [-0.05, 0) is 24.6 Å². The van der Waals surface area contributed by atoms with E-state index in [0.29, 0.717) is 0 Å². The van der Waals surface area contributed by atoms with E-state index in [1.165, 1.54) is 11.3 Å². The highest BCUT2D eigenvalue weighted by Gasteiger charge is 2.24. The number of hydrogen-bond acceptors (Lipinski definition) is 2. The summed E-state index contributed by atoms with van der Waals surface area (Å²) in [6.45, 7) is 3.01. The zero-order valence-electron chi connectivity index (χ0n) is 10.5. The van der Waals surface area contributed by atoms with Gasteiger partial charge in [-0.15, -0.1) is 0 Å². The molecule has 0 bridgehead atoms. The summed E-state index contributed by atoms with van der Waals surface area (Å²) in [6.07, 6.45) is 0. The van der Waals surface area contributed by atoms with E-state index in [1.54, 1.807) is 0 Å². The minimum Gasteiger partial charge on any atom is -0.328 e. The van der Waals surface area contributed by atoms with Gasteiger partial charge in [-0.1, -0.05) is 48.5 Å². The normalized spacial score (nSPS) is 18.8. The highest BCUT2D eigenvalue weighted by atomic mass is 15.3. The second-order valence-corrected chi connectivity index (χ2v) is 4.55. The maximum atomic E-state index is 4.76. The van der Waals surface area contributed by atoms with Crippen molar-refractivity contribution in [3.05, 3.63) is 66.2 Å². The average Bonchev–Trinajstić information content (AvgIpc) is 2.83. The third-order valence-corrected chi connectivity index (χ3v) is 3.34. The lowest BCUT2D eigenvalue weighted by Gasteiger charge is -2.19. The van der Waals surface area contributed by atoms with Crippen LogP contribution in [-0.4, -0.2) is 12.4 Å². The highest BCUT2D eigenvalue weighted by Crippen LogP contribution is 2.28. The standard InChI is InChI=1S/C16H16N2/c1-13-17-16(14-8-4-2-5-9-14)12-18(13)15-10-6-3-7-11-15/h2-11,16H,12H2,1H3. The van der Waals surface area contributed by atoms with Gasteiger partial charge >= 0.3 is 0 Å². The minimum atomic E-state index is 0.256. The van der Waals surface area contributed by atoms with Crippen LogP contribution < -0.4 is 4.90 Å². The van der Waals surface area contributed by atoms with Crippen molar-refractivity contribution in [1.82, 2.24) is 0 Å². The topological polar surface area (TPSA) is 15.6 Å². The van der Waals surface area contributed by atoms with Gasteiger partial charge in [-0.3, -0.25) is 4.99 Å². The van der Waals surface area contributed by atoms with E-state index in [-0.39, 0.29) is 6.04 Å². The Labute approximate surface area is 108 Å². The molecule has 2 aromatic carbocycles. The van der Waals surface area contributed by atoms with Gasteiger partial charge in [0.2, 0.25) is 0 Å². The predicted molar refractivity (Wildman–Crippen MR) is 76.1 cm³/mol. The summed E-state index contributed by atoms with van der Waals surface area (Å²) in [5.41, 5.74) is 2.51. The number of rotatable bonds is 2. The average molecular weight is 236 g/mol. The second kappa shape index (κ2) is 4.65. The Morgan fingerprint density at radius 2 is 1.56 bits per heavy atom. The van der Waals surface area contributed by atoms with Crippen LogP contribution in [0.3, 0.4) is 0 Å². The van der Waals surface area contributed by atoms with Gasteiger partial charge in [0, 0.05) is 5.69 Å². The predicted octanol–water partition coefficient (Wildman–Crippen LogP) is 3.67. The molecule has 0 aromatic heterocycles. The smallest absolute Gasteiger partial charge is 0.101 e. The van der Waals surface area contributed by atoms with Crippen LogP contribution >= 0.6 is 0 Å². The first-order valence-corrected chi connectivity index (χ1v) is 6.26. The van der Waals surface area contributed by atoms with Crippen LogP contribution in [0, 0.1) is 0 Å². The molecule has 0 saturated heterocycles. The van der Waals surface area contributed by atoms with Crippen molar-refractivity contribution in [3.8, 4) is 0 Å². The Morgan fingerprint density at radius 1 is 0.944 bits per heavy atom. The van der Waals surface area contributed by atoms with Crippen LogP contribution in [0.25, 0.3) is 0 Å². The maximum absolute atomic E-state index is 4.76. The van der Waals surface area contributed by atoms with Gasteiger partial charge in [-0.2, -0.15) is 0 Å². The van der Waals surface area contributed by atoms with Gasteiger partial charge in [0.15, 0.2) is 0 Å². The number of hydrogen-bond donors (Lipinski definition) is 0. The molecule has 0 saturated carbocycles. The maximum Gasteiger partial charge on any atom is 0.101 e. The quantitative estimate of drug-likeness (QED) is 0.776. The number of amidine groups is 1. The molecule has 0 aliphatic carbocycles. The molecule has 0 N–H and O–H groups in total. The Balaban J connectivity index is 1.86. The largest absolute Gasteiger partial charge is 0.328 e. The molecule has 2 aromatic rings. The van der Waals surface area contributed by atoms with Crippen molar-refractivity contribution in [2.45, 2.75) is 13.0 Å². The molecular formula is C16H16N2. The molecule has 2 nitrogen and oxygen atoms in total. The molecule has 1 aliphatic rings. The number of para-hydroxylation sites is 1. The second-order valence-electron chi connectivity index (χ2n) is 4.55. The first-order valence-electron chi connectivity index (χ1n) is 6.26. The minimum absolute atomic E-state index is 0.256. The summed E-state index contributed by atoms with van der Waals surface area (Å²) < 4.78 is 0. The van der Waals surface area contributed by atoms with E-state index in [4.69, 9.17) is 4.99 Å². The zero-order valence-corrected chi connectivity index (χ0v) is 10.5. The Hall–Kier alpha value is -2.09. The fraction of sp³-hybridized carbons (Fsp3) is 0.188. The van der Waals surface area contributed by atoms with Crippen molar-refractivity contribution < 1.29 is 0 Å². The monoisotopic (exact) mass is 236 g/mol. The number of aliphatic imine (C=N–C) groups is 1. The van der Waals surface area contributed by atoms with Gasteiger partial charge in [0.05, 0.1) is 12.6 Å². The van der Waals surface area contributed by atoms with Crippen LogP contribution in [0.4, 0.5) is 5.69 Å². The molecule has 1 atom stereocenters. The highest BCUT2D eigenvalue weighted by molar-refractivity contribution is 5.97. The van der Waals surface area contributed by atoms with Crippen molar-refractivity contribution in [1.29, 1.82) is 0 Å². The molecule has 0 fully saturated rings. The molecule has 1 aliphatic heterocycles. The third kappa shape index (κ3) is 2.02. The molecule has 2 heteroatoms. The number of nitrogens with zero attached hydrogens (tertiary/aromatic N) is 2. The van der Waals surface area contributed by atoms with Crippen LogP contribution in [0.15, 0.2) is 65.7 Å². The van der Waals surface area contributed by atoms with Gasteiger partial charge in [0.25, 0.3) is 0 Å². The van der Waals surface area contributed by atoms with Crippen molar-refractivity contribution in [2.24, 2.45) is 4.99 Å². The van der Waals surface area contributed by atoms with Gasteiger partial charge < -0.3 is 4.90 Å². The SMILES string of the molecule is CC1=NC(c2ccccc2)CN1c1ccccc1. The van der Waals surface area contributed by atoms with E-state index >= 15 is 0 Å². The van der Waals surface area contributed by atoms with E-state index in [9.17, 15) is 0 Å². The van der Waals surface area contributed by atoms with Crippen LogP contribution in [0.5, 0.6) is 0 Å². The van der Waals surface area contributed by atoms with Gasteiger partial charge in [-0.25, -0.2) is 0 Å². The van der Waals surface area contributed by atoms with Crippen molar-refractivity contribution in [2.75, 3.05) is 11.4 Å². The van der Waals surface area contributed by atoms with E-state index in [2.05, 4.69) is 60.4 Å².